The van der Waals surface area contributed by atoms with Crippen LogP contribution in [0.3, 0.4) is 0 Å². The molecule has 0 aliphatic rings. The summed E-state index contributed by atoms with van der Waals surface area (Å²) in [4.78, 5) is 21.6. The van der Waals surface area contributed by atoms with Crippen molar-refractivity contribution in [3.05, 3.63) is 62.1 Å². The molecule has 0 N–H and O–H groups in total. The minimum absolute atomic E-state index is 0.0560. The Morgan fingerprint density at radius 3 is 2.52 bits per heavy atom. The average Bonchev–Trinajstić information content (AvgIpc) is 2.71. The van der Waals surface area contributed by atoms with Gasteiger partial charge in [0.25, 0.3) is 5.69 Å². The first-order valence-electron chi connectivity index (χ1n) is 8.42. The minimum Gasteiger partial charge on any atom is -0.490 e. The molecule has 0 unspecified atom stereocenters. The first kappa shape index (κ1) is 21.9. The van der Waals surface area contributed by atoms with Gasteiger partial charge in [-0.05, 0) is 64.3 Å². The van der Waals surface area contributed by atoms with Crippen LogP contribution < -0.4 is 9.47 Å². The standard InChI is InChI=1S/C20H17BrN2O6/c1-3-28-18-10-13(9-17(21)20(18)29-12-19(24)27-2)8-15(11-22)14-4-6-16(7-5-14)23(25)26/h4-10H,3,12H2,1-2H3/b15-8-. The third-order valence-corrected chi connectivity index (χ3v) is 4.30. The number of carbonyl (C=O) groups is 1. The Morgan fingerprint density at radius 1 is 1.28 bits per heavy atom. The second-order valence-electron chi connectivity index (χ2n) is 5.60. The number of nitrogens with zero attached hydrogens (tertiary/aromatic N) is 2. The highest BCUT2D eigenvalue weighted by atomic mass is 79.9. The molecule has 0 aliphatic carbocycles. The number of benzene rings is 2. The number of rotatable bonds is 8. The molecule has 2 rings (SSSR count). The van der Waals surface area contributed by atoms with Crippen molar-refractivity contribution in [2.75, 3.05) is 20.3 Å². The fraction of sp³-hybridized carbons (Fsp3) is 0.200. The largest absolute Gasteiger partial charge is 0.490 e. The molecule has 0 fully saturated rings. The fourth-order valence-corrected chi connectivity index (χ4v) is 2.95. The Hall–Kier alpha value is -3.38. The van der Waals surface area contributed by atoms with Gasteiger partial charge in [0.2, 0.25) is 0 Å². The number of hydrogen-bond donors (Lipinski definition) is 0. The zero-order valence-electron chi connectivity index (χ0n) is 15.7. The first-order valence-corrected chi connectivity index (χ1v) is 9.21. The molecule has 2 aromatic carbocycles. The van der Waals surface area contributed by atoms with Crippen molar-refractivity contribution < 1.29 is 23.9 Å². The summed E-state index contributed by atoms with van der Waals surface area (Å²) >= 11 is 3.39. The van der Waals surface area contributed by atoms with Gasteiger partial charge in [-0.15, -0.1) is 0 Å². The lowest BCUT2D eigenvalue weighted by Gasteiger charge is -2.14. The van der Waals surface area contributed by atoms with Crippen molar-refractivity contribution in [2.45, 2.75) is 6.92 Å². The number of esters is 1. The normalized spacial score (nSPS) is 10.8. The van der Waals surface area contributed by atoms with E-state index >= 15 is 0 Å². The minimum atomic E-state index is -0.534. The summed E-state index contributed by atoms with van der Waals surface area (Å²) < 4.78 is 16.2. The summed E-state index contributed by atoms with van der Waals surface area (Å²) in [7, 11) is 1.26. The smallest absolute Gasteiger partial charge is 0.343 e. The Labute approximate surface area is 175 Å². The van der Waals surface area contributed by atoms with E-state index in [0.717, 1.165) is 0 Å². The van der Waals surface area contributed by atoms with Gasteiger partial charge in [-0.1, -0.05) is 0 Å². The summed E-state index contributed by atoms with van der Waals surface area (Å²) in [5.41, 5.74) is 1.44. The summed E-state index contributed by atoms with van der Waals surface area (Å²) in [6, 6.07) is 11.2. The number of allylic oxidation sites excluding steroid dienone is 1. The third kappa shape index (κ3) is 5.80. The number of halogens is 1. The van der Waals surface area contributed by atoms with Crippen LogP contribution in [-0.2, 0) is 9.53 Å². The third-order valence-electron chi connectivity index (χ3n) is 3.71. The molecule has 0 aromatic heterocycles. The molecule has 0 heterocycles. The van der Waals surface area contributed by atoms with Gasteiger partial charge in [-0.3, -0.25) is 10.1 Å². The van der Waals surface area contributed by atoms with Gasteiger partial charge in [-0.25, -0.2) is 4.79 Å². The molecular weight excluding hydrogens is 444 g/mol. The van der Waals surface area contributed by atoms with Gasteiger partial charge >= 0.3 is 5.97 Å². The van der Waals surface area contributed by atoms with E-state index in [4.69, 9.17) is 9.47 Å². The molecule has 0 saturated heterocycles. The van der Waals surface area contributed by atoms with E-state index in [1.165, 1.54) is 31.4 Å². The maximum absolute atomic E-state index is 11.3. The first-order chi connectivity index (χ1) is 13.9. The van der Waals surface area contributed by atoms with Gasteiger partial charge in [0.05, 0.1) is 34.8 Å². The molecule has 150 valence electrons. The van der Waals surface area contributed by atoms with Crippen molar-refractivity contribution >= 4 is 39.2 Å². The number of hydrogen-bond acceptors (Lipinski definition) is 7. The van der Waals surface area contributed by atoms with Crippen LogP contribution in [-0.4, -0.2) is 31.2 Å². The molecule has 2 aromatic rings. The quantitative estimate of drug-likeness (QED) is 0.189. The molecule has 29 heavy (non-hydrogen) atoms. The maximum Gasteiger partial charge on any atom is 0.343 e. The van der Waals surface area contributed by atoms with Gasteiger partial charge < -0.3 is 14.2 Å². The van der Waals surface area contributed by atoms with E-state index in [1.54, 1.807) is 25.1 Å². The van der Waals surface area contributed by atoms with E-state index in [1.807, 2.05) is 0 Å². The van der Waals surface area contributed by atoms with Crippen LogP contribution in [0.5, 0.6) is 11.5 Å². The molecule has 0 bridgehead atoms. The van der Waals surface area contributed by atoms with E-state index in [-0.39, 0.29) is 12.3 Å². The Balaban J connectivity index is 2.40. The van der Waals surface area contributed by atoms with Gasteiger partial charge in [0, 0.05) is 12.1 Å². The summed E-state index contributed by atoms with van der Waals surface area (Å²) in [6.45, 7) is 1.89. The lowest BCUT2D eigenvalue weighted by Crippen LogP contribution is -2.13. The maximum atomic E-state index is 11.3. The van der Waals surface area contributed by atoms with E-state index in [0.29, 0.717) is 39.3 Å². The number of methoxy groups -OCH3 is 1. The van der Waals surface area contributed by atoms with Crippen molar-refractivity contribution in [3.8, 4) is 17.6 Å². The molecule has 0 amide bonds. The number of carbonyl (C=O) groups excluding carboxylic acids is 1. The fourth-order valence-electron chi connectivity index (χ4n) is 2.37. The zero-order valence-corrected chi connectivity index (χ0v) is 17.3. The van der Waals surface area contributed by atoms with Crippen molar-refractivity contribution in [3.63, 3.8) is 0 Å². The highest BCUT2D eigenvalue weighted by Crippen LogP contribution is 2.38. The number of nitro groups is 1. The average molecular weight is 461 g/mol. The lowest BCUT2D eigenvalue weighted by molar-refractivity contribution is -0.384. The summed E-state index contributed by atoms with van der Waals surface area (Å²) in [6.07, 6.45) is 1.62. The predicted molar refractivity (Wildman–Crippen MR) is 109 cm³/mol. The second-order valence-corrected chi connectivity index (χ2v) is 6.46. The van der Waals surface area contributed by atoms with E-state index in [2.05, 4.69) is 26.7 Å². The molecular formula is C20H17BrN2O6. The van der Waals surface area contributed by atoms with Gasteiger partial charge in [0.15, 0.2) is 18.1 Å². The number of non-ortho nitro benzene ring substituents is 1. The topological polar surface area (TPSA) is 112 Å². The molecule has 0 radical (unpaired) electrons. The Bertz CT molecular complexity index is 980. The van der Waals surface area contributed by atoms with Crippen molar-refractivity contribution in [1.29, 1.82) is 5.26 Å². The van der Waals surface area contributed by atoms with Gasteiger partial charge in [0.1, 0.15) is 0 Å². The van der Waals surface area contributed by atoms with Gasteiger partial charge in [-0.2, -0.15) is 5.26 Å². The monoisotopic (exact) mass is 460 g/mol. The Kier molecular flexibility index (Phi) is 7.74. The number of nitro benzene ring substituents is 1. The van der Waals surface area contributed by atoms with Crippen LogP contribution in [0.1, 0.15) is 18.1 Å². The number of ether oxygens (including phenoxy) is 3. The molecule has 0 aliphatic heterocycles. The molecule has 8 nitrogen and oxygen atoms in total. The second kappa shape index (κ2) is 10.2. The number of nitriles is 1. The highest BCUT2D eigenvalue weighted by molar-refractivity contribution is 9.10. The summed E-state index contributed by atoms with van der Waals surface area (Å²) in [5, 5.41) is 20.3. The van der Waals surface area contributed by atoms with Crippen LogP contribution in [0.4, 0.5) is 5.69 Å². The molecule has 0 spiro atoms. The predicted octanol–water partition coefficient (Wildman–Crippen LogP) is 4.37. The SMILES string of the molecule is CCOc1cc(/C=C(/C#N)c2ccc([N+](=O)[O-])cc2)cc(Br)c1OCC(=O)OC. The van der Waals surface area contributed by atoms with E-state index in [9.17, 15) is 20.2 Å². The highest BCUT2D eigenvalue weighted by Gasteiger charge is 2.15. The molecule has 0 atom stereocenters. The van der Waals surface area contributed by atoms with Crippen LogP contribution >= 0.6 is 15.9 Å². The zero-order chi connectivity index (χ0) is 21.4. The van der Waals surface area contributed by atoms with Crippen molar-refractivity contribution in [2.24, 2.45) is 0 Å². The molecule has 9 heteroatoms. The van der Waals surface area contributed by atoms with E-state index < -0.39 is 10.9 Å². The molecule has 0 saturated carbocycles. The lowest BCUT2D eigenvalue weighted by atomic mass is 10.0. The van der Waals surface area contributed by atoms with Crippen LogP contribution in [0, 0.1) is 21.4 Å². The summed E-state index contributed by atoms with van der Waals surface area (Å²) in [5.74, 6) is 0.189. The van der Waals surface area contributed by atoms with Crippen molar-refractivity contribution in [1.82, 2.24) is 0 Å². The van der Waals surface area contributed by atoms with Crippen LogP contribution in [0.2, 0.25) is 0 Å². The van der Waals surface area contributed by atoms with Crippen LogP contribution in [0.15, 0.2) is 40.9 Å². The van der Waals surface area contributed by atoms with Crippen LogP contribution in [0.25, 0.3) is 11.6 Å². The Morgan fingerprint density at radius 2 is 1.97 bits per heavy atom.